The lowest BCUT2D eigenvalue weighted by molar-refractivity contribution is 0.263. The lowest BCUT2D eigenvalue weighted by Gasteiger charge is -2.30. The minimum Gasteiger partial charge on any atom is -0.399 e. The zero-order valence-corrected chi connectivity index (χ0v) is 13.3. The Balaban J connectivity index is 1.89. The Morgan fingerprint density at radius 2 is 1.95 bits per heavy atom. The molecule has 0 unspecified atom stereocenters. The molecule has 1 aromatic heterocycles. The lowest BCUT2D eigenvalue weighted by Crippen LogP contribution is -2.19. The van der Waals surface area contributed by atoms with Crippen molar-refractivity contribution in [1.29, 1.82) is 0 Å². The molecule has 1 aromatic carbocycles. The summed E-state index contributed by atoms with van der Waals surface area (Å²) in [4.78, 5) is 4.81. The molecule has 21 heavy (non-hydrogen) atoms. The van der Waals surface area contributed by atoms with Gasteiger partial charge in [-0.05, 0) is 49.8 Å². The number of benzene rings is 1. The molecule has 1 aliphatic carbocycles. The Hall–Kier alpha value is -1.51. The first kappa shape index (κ1) is 14.4. The summed E-state index contributed by atoms with van der Waals surface area (Å²) in [7, 11) is 0. The second-order valence-electron chi connectivity index (χ2n) is 6.46. The maximum atomic E-state index is 5.91. The predicted octanol–water partition coefficient (Wildman–Crippen LogP) is 4.71. The van der Waals surface area contributed by atoms with E-state index in [2.05, 4.69) is 24.5 Å². The van der Waals surface area contributed by atoms with Crippen LogP contribution in [0.3, 0.4) is 0 Å². The van der Waals surface area contributed by atoms with E-state index >= 15 is 0 Å². The van der Waals surface area contributed by atoms with Gasteiger partial charge in [0.2, 0.25) is 0 Å². The summed E-state index contributed by atoms with van der Waals surface area (Å²) in [5.74, 6) is 2.16. The van der Waals surface area contributed by atoms with Crippen LogP contribution >= 0.6 is 0 Å². The van der Waals surface area contributed by atoms with E-state index in [1.165, 1.54) is 49.9 Å². The highest BCUT2D eigenvalue weighted by Crippen LogP contribution is 2.37. The summed E-state index contributed by atoms with van der Waals surface area (Å²) in [6.45, 7) is 4.50. The number of aromatic nitrogens is 2. The number of fused-ring (bicyclic) bond motifs is 1. The summed E-state index contributed by atoms with van der Waals surface area (Å²) < 4.78 is 2.50. The normalized spacial score (nSPS) is 22.8. The molecule has 1 fully saturated rings. The third kappa shape index (κ3) is 2.78. The van der Waals surface area contributed by atoms with Gasteiger partial charge >= 0.3 is 0 Å². The van der Waals surface area contributed by atoms with E-state index in [0.29, 0.717) is 6.04 Å². The summed E-state index contributed by atoms with van der Waals surface area (Å²) in [6, 6.07) is 6.78. The van der Waals surface area contributed by atoms with E-state index in [9.17, 15) is 0 Å². The minimum absolute atomic E-state index is 0.627. The van der Waals surface area contributed by atoms with Crippen molar-refractivity contribution in [2.75, 3.05) is 5.73 Å². The molecule has 0 saturated heterocycles. The molecule has 3 rings (SSSR count). The minimum atomic E-state index is 0.627. The smallest absolute Gasteiger partial charge is 0.109 e. The van der Waals surface area contributed by atoms with Crippen LogP contribution in [0.4, 0.5) is 5.69 Å². The predicted molar refractivity (Wildman–Crippen MR) is 89.4 cm³/mol. The zero-order chi connectivity index (χ0) is 14.8. The molecule has 1 heterocycles. The molecule has 2 N–H and O–H groups in total. The highest BCUT2D eigenvalue weighted by Gasteiger charge is 2.24. The van der Waals surface area contributed by atoms with Gasteiger partial charge in [0.05, 0.1) is 11.0 Å². The number of nitrogens with two attached hydrogens (primary N) is 1. The average molecular weight is 285 g/mol. The molecule has 0 aliphatic heterocycles. The monoisotopic (exact) mass is 285 g/mol. The van der Waals surface area contributed by atoms with Gasteiger partial charge in [-0.15, -0.1) is 0 Å². The molecule has 0 spiro atoms. The van der Waals surface area contributed by atoms with Gasteiger partial charge < -0.3 is 10.3 Å². The fourth-order valence-electron chi connectivity index (χ4n) is 3.92. The fraction of sp³-hybridized carbons (Fsp3) is 0.611. The maximum Gasteiger partial charge on any atom is 0.109 e. The molecular weight excluding hydrogens is 258 g/mol. The van der Waals surface area contributed by atoms with Crippen molar-refractivity contribution in [3.63, 3.8) is 0 Å². The Morgan fingerprint density at radius 1 is 1.19 bits per heavy atom. The van der Waals surface area contributed by atoms with Gasteiger partial charge in [-0.1, -0.05) is 26.7 Å². The average Bonchev–Trinajstić information content (AvgIpc) is 2.86. The Labute approximate surface area is 127 Å². The van der Waals surface area contributed by atoms with Crippen molar-refractivity contribution in [3.05, 3.63) is 24.0 Å². The first-order valence-electron chi connectivity index (χ1n) is 8.49. The summed E-state index contributed by atoms with van der Waals surface area (Å²) in [5.41, 5.74) is 9.03. The van der Waals surface area contributed by atoms with Crippen LogP contribution in [-0.2, 0) is 6.42 Å². The maximum absolute atomic E-state index is 5.91. The fourth-order valence-corrected chi connectivity index (χ4v) is 3.92. The topological polar surface area (TPSA) is 43.8 Å². The van der Waals surface area contributed by atoms with Crippen molar-refractivity contribution >= 4 is 16.7 Å². The van der Waals surface area contributed by atoms with Crippen LogP contribution in [0, 0.1) is 5.92 Å². The number of hydrogen-bond donors (Lipinski definition) is 1. The van der Waals surface area contributed by atoms with Crippen molar-refractivity contribution < 1.29 is 0 Å². The van der Waals surface area contributed by atoms with Crippen molar-refractivity contribution in [2.45, 2.75) is 64.8 Å². The lowest BCUT2D eigenvalue weighted by atomic mass is 9.83. The number of aryl methyl sites for hydroxylation is 1. The number of anilines is 1. The van der Waals surface area contributed by atoms with Gasteiger partial charge in [0.25, 0.3) is 0 Å². The van der Waals surface area contributed by atoms with E-state index in [4.69, 9.17) is 10.7 Å². The van der Waals surface area contributed by atoms with Crippen molar-refractivity contribution in [2.24, 2.45) is 5.92 Å². The van der Waals surface area contributed by atoms with Crippen LogP contribution in [0.25, 0.3) is 11.0 Å². The third-order valence-corrected chi connectivity index (χ3v) is 4.98. The van der Waals surface area contributed by atoms with Crippen LogP contribution in [0.15, 0.2) is 18.2 Å². The first-order chi connectivity index (χ1) is 10.2. The van der Waals surface area contributed by atoms with Crippen molar-refractivity contribution in [1.82, 2.24) is 9.55 Å². The van der Waals surface area contributed by atoms with Crippen molar-refractivity contribution in [3.8, 4) is 0 Å². The van der Waals surface area contributed by atoms with E-state index < -0.39 is 0 Å². The van der Waals surface area contributed by atoms with Gasteiger partial charge in [0.15, 0.2) is 0 Å². The summed E-state index contributed by atoms with van der Waals surface area (Å²) >= 11 is 0. The molecule has 114 valence electrons. The van der Waals surface area contributed by atoms with Crippen LogP contribution in [0.1, 0.15) is 64.2 Å². The van der Waals surface area contributed by atoms with E-state index in [-0.39, 0.29) is 0 Å². The second kappa shape index (κ2) is 6.08. The summed E-state index contributed by atoms with van der Waals surface area (Å²) in [6.07, 6.45) is 9.05. The van der Waals surface area contributed by atoms with E-state index in [1.54, 1.807) is 0 Å². The van der Waals surface area contributed by atoms with Crippen LogP contribution in [-0.4, -0.2) is 9.55 Å². The number of nitrogen functional groups attached to an aromatic ring is 1. The number of hydrogen-bond acceptors (Lipinski definition) is 2. The standard InChI is InChI=1S/C18H27N3/c1-3-5-13-6-9-15(10-7-13)21-17-11-8-14(19)12-16(17)20-18(21)4-2/h8,11-13,15H,3-7,9-10,19H2,1-2H3. The molecule has 2 aromatic rings. The Bertz CT molecular complexity index is 606. The number of nitrogens with zero attached hydrogens (tertiary/aromatic N) is 2. The molecule has 3 nitrogen and oxygen atoms in total. The van der Waals surface area contributed by atoms with Gasteiger partial charge in [-0.2, -0.15) is 0 Å². The molecule has 0 atom stereocenters. The Morgan fingerprint density at radius 3 is 2.62 bits per heavy atom. The first-order valence-corrected chi connectivity index (χ1v) is 8.49. The van der Waals surface area contributed by atoms with Gasteiger partial charge in [0, 0.05) is 18.2 Å². The van der Waals surface area contributed by atoms with Gasteiger partial charge in [0.1, 0.15) is 5.82 Å². The van der Waals surface area contributed by atoms with Gasteiger partial charge in [-0.3, -0.25) is 0 Å². The SMILES string of the molecule is CCCC1CCC(n2c(CC)nc3cc(N)ccc32)CC1. The molecule has 0 amide bonds. The van der Waals surface area contributed by atoms with Crippen LogP contribution in [0.5, 0.6) is 0 Å². The van der Waals surface area contributed by atoms with Crippen LogP contribution in [0.2, 0.25) is 0 Å². The second-order valence-corrected chi connectivity index (χ2v) is 6.46. The molecular formula is C18H27N3. The molecule has 1 saturated carbocycles. The highest BCUT2D eigenvalue weighted by molar-refractivity contribution is 5.79. The molecule has 0 radical (unpaired) electrons. The third-order valence-electron chi connectivity index (χ3n) is 4.98. The zero-order valence-electron chi connectivity index (χ0n) is 13.3. The number of imidazole rings is 1. The molecule has 1 aliphatic rings. The summed E-state index contributed by atoms with van der Waals surface area (Å²) in [5, 5.41) is 0. The largest absolute Gasteiger partial charge is 0.399 e. The molecule has 3 heteroatoms. The highest BCUT2D eigenvalue weighted by atomic mass is 15.1. The quantitative estimate of drug-likeness (QED) is 0.827. The molecule has 0 bridgehead atoms. The van der Waals surface area contributed by atoms with Crippen LogP contribution < -0.4 is 5.73 Å². The number of rotatable bonds is 4. The van der Waals surface area contributed by atoms with E-state index in [1.807, 2.05) is 12.1 Å². The Kier molecular flexibility index (Phi) is 4.18. The van der Waals surface area contributed by atoms with Gasteiger partial charge in [-0.25, -0.2) is 4.98 Å². The van der Waals surface area contributed by atoms with E-state index in [0.717, 1.165) is 23.5 Å².